The van der Waals surface area contributed by atoms with Gasteiger partial charge in [0.15, 0.2) is 0 Å². The summed E-state index contributed by atoms with van der Waals surface area (Å²) in [6.07, 6.45) is 0.101. The fraction of sp³-hybridized carbons (Fsp3) is 0.235. The number of hydrogen-bond donors (Lipinski definition) is 1. The van der Waals surface area contributed by atoms with E-state index in [9.17, 15) is 4.79 Å². The molecule has 2 aromatic rings. The Morgan fingerprint density at radius 3 is 2.43 bits per heavy atom. The van der Waals surface area contributed by atoms with E-state index in [1.807, 2.05) is 59.5 Å². The third kappa shape index (κ3) is 4.24. The van der Waals surface area contributed by atoms with E-state index in [0.29, 0.717) is 13.1 Å². The fourth-order valence-electron chi connectivity index (χ4n) is 2.21. The van der Waals surface area contributed by atoms with Gasteiger partial charge >= 0.3 is 5.97 Å². The molecule has 0 heterocycles. The highest BCUT2D eigenvalue weighted by atomic mass is 16.5. The van der Waals surface area contributed by atoms with Crippen LogP contribution < -0.4 is 9.64 Å². The van der Waals surface area contributed by atoms with Gasteiger partial charge in [0.05, 0.1) is 13.5 Å². The topological polar surface area (TPSA) is 49.8 Å². The van der Waals surface area contributed by atoms with Crippen molar-refractivity contribution in [2.45, 2.75) is 13.0 Å². The van der Waals surface area contributed by atoms with Gasteiger partial charge in [-0.3, -0.25) is 4.79 Å². The lowest BCUT2D eigenvalue weighted by Crippen LogP contribution is -2.25. The fourth-order valence-corrected chi connectivity index (χ4v) is 2.21. The quantitative estimate of drug-likeness (QED) is 0.849. The molecular formula is C17H19NO3. The number of aliphatic carboxylic acids is 1. The molecule has 0 saturated heterocycles. The minimum Gasteiger partial charge on any atom is -0.496 e. The average molecular weight is 285 g/mol. The Balaban J connectivity index is 2.21. The number of nitrogens with zero attached hydrogens (tertiary/aromatic N) is 1. The van der Waals surface area contributed by atoms with Crippen LogP contribution in [0, 0.1) is 0 Å². The van der Waals surface area contributed by atoms with Crippen molar-refractivity contribution < 1.29 is 14.6 Å². The van der Waals surface area contributed by atoms with Crippen LogP contribution in [0.15, 0.2) is 54.6 Å². The van der Waals surface area contributed by atoms with Crippen LogP contribution in [-0.4, -0.2) is 24.7 Å². The van der Waals surface area contributed by atoms with E-state index < -0.39 is 5.97 Å². The standard InChI is InChI=1S/C17H19NO3/c1-21-16-10-6-5-7-14(16)13-18(12-11-17(19)20)15-8-3-2-4-9-15/h2-10H,11-13H2,1H3,(H,19,20). The summed E-state index contributed by atoms with van der Waals surface area (Å²) in [6.45, 7) is 1.07. The first kappa shape index (κ1) is 14.9. The number of para-hydroxylation sites is 2. The lowest BCUT2D eigenvalue weighted by Gasteiger charge is -2.25. The summed E-state index contributed by atoms with van der Waals surface area (Å²) in [4.78, 5) is 12.9. The van der Waals surface area contributed by atoms with E-state index in [1.165, 1.54) is 0 Å². The molecule has 0 bridgehead atoms. The zero-order valence-corrected chi connectivity index (χ0v) is 12.0. The van der Waals surface area contributed by atoms with Crippen molar-refractivity contribution >= 4 is 11.7 Å². The number of ether oxygens (including phenoxy) is 1. The lowest BCUT2D eigenvalue weighted by atomic mass is 10.1. The highest BCUT2D eigenvalue weighted by molar-refractivity contribution is 5.67. The summed E-state index contributed by atoms with van der Waals surface area (Å²) >= 11 is 0. The zero-order chi connectivity index (χ0) is 15.1. The van der Waals surface area contributed by atoms with Crippen LogP contribution >= 0.6 is 0 Å². The smallest absolute Gasteiger partial charge is 0.305 e. The Morgan fingerprint density at radius 1 is 1.10 bits per heavy atom. The second kappa shape index (κ2) is 7.33. The third-order valence-corrected chi connectivity index (χ3v) is 3.27. The van der Waals surface area contributed by atoms with E-state index in [1.54, 1.807) is 7.11 Å². The van der Waals surface area contributed by atoms with Crippen LogP contribution in [0.3, 0.4) is 0 Å². The van der Waals surface area contributed by atoms with Crippen LogP contribution in [0.5, 0.6) is 5.75 Å². The number of anilines is 1. The van der Waals surface area contributed by atoms with Crippen molar-refractivity contribution in [3.8, 4) is 5.75 Å². The first-order chi connectivity index (χ1) is 10.2. The molecule has 0 aromatic heterocycles. The molecule has 0 spiro atoms. The first-order valence-corrected chi connectivity index (χ1v) is 6.84. The minimum atomic E-state index is -0.795. The summed E-state index contributed by atoms with van der Waals surface area (Å²) in [6, 6.07) is 17.6. The molecule has 0 atom stereocenters. The van der Waals surface area contributed by atoms with Crippen molar-refractivity contribution in [2.24, 2.45) is 0 Å². The summed E-state index contributed by atoms with van der Waals surface area (Å²) in [5, 5.41) is 8.92. The maximum atomic E-state index is 10.9. The molecule has 4 heteroatoms. The Bertz CT molecular complexity index is 584. The number of rotatable bonds is 7. The predicted octanol–water partition coefficient (Wildman–Crippen LogP) is 3.18. The van der Waals surface area contributed by atoms with Gasteiger partial charge in [0.1, 0.15) is 5.75 Å². The van der Waals surface area contributed by atoms with E-state index in [4.69, 9.17) is 9.84 Å². The number of carboxylic acid groups (broad SMARTS) is 1. The van der Waals surface area contributed by atoms with Gasteiger partial charge in [-0.2, -0.15) is 0 Å². The van der Waals surface area contributed by atoms with E-state index in [-0.39, 0.29) is 6.42 Å². The van der Waals surface area contributed by atoms with Gasteiger partial charge < -0.3 is 14.7 Å². The molecular weight excluding hydrogens is 266 g/mol. The molecule has 1 N–H and O–H groups in total. The summed E-state index contributed by atoms with van der Waals surface area (Å²) < 4.78 is 5.36. The van der Waals surface area contributed by atoms with Crippen LogP contribution in [0.1, 0.15) is 12.0 Å². The SMILES string of the molecule is COc1ccccc1CN(CCC(=O)O)c1ccccc1. The van der Waals surface area contributed by atoms with E-state index in [0.717, 1.165) is 17.0 Å². The summed E-state index contributed by atoms with van der Waals surface area (Å²) in [5.74, 6) is 0.0183. The number of carbonyl (C=O) groups is 1. The Kier molecular flexibility index (Phi) is 5.21. The molecule has 4 nitrogen and oxygen atoms in total. The van der Waals surface area contributed by atoms with Gasteiger partial charge in [-0.1, -0.05) is 36.4 Å². The van der Waals surface area contributed by atoms with Crippen molar-refractivity contribution in [3.05, 3.63) is 60.2 Å². The van der Waals surface area contributed by atoms with Gasteiger partial charge in [0, 0.05) is 24.3 Å². The molecule has 110 valence electrons. The van der Waals surface area contributed by atoms with Crippen molar-refractivity contribution in [1.82, 2.24) is 0 Å². The average Bonchev–Trinajstić information content (AvgIpc) is 2.52. The molecule has 0 aliphatic heterocycles. The summed E-state index contributed by atoms with van der Waals surface area (Å²) in [7, 11) is 1.64. The maximum absolute atomic E-state index is 10.9. The monoisotopic (exact) mass is 285 g/mol. The van der Waals surface area contributed by atoms with Gasteiger partial charge in [-0.05, 0) is 18.2 Å². The lowest BCUT2D eigenvalue weighted by molar-refractivity contribution is -0.136. The van der Waals surface area contributed by atoms with Crippen molar-refractivity contribution in [1.29, 1.82) is 0 Å². The number of benzene rings is 2. The predicted molar refractivity (Wildman–Crippen MR) is 82.7 cm³/mol. The number of carboxylic acids is 1. The van der Waals surface area contributed by atoms with Crippen molar-refractivity contribution in [2.75, 3.05) is 18.6 Å². The molecule has 21 heavy (non-hydrogen) atoms. The zero-order valence-electron chi connectivity index (χ0n) is 12.0. The highest BCUT2D eigenvalue weighted by Gasteiger charge is 2.11. The Morgan fingerprint density at radius 2 is 1.76 bits per heavy atom. The third-order valence-electron chi connectivity index (χ3n) is 3.27. The molecule has 0 aliphatic carbocycles. The Labute approximate surface area is 124 Å². The normalized spacial score (nSPS) is 10.1. The maximum Gasteiger partial charge on any atom is 0.305 e. The van der Waals surface area contributed by atoms with Gasteiger partial charge in [0.2, 0.25) is 0 Å². The second-order valence-corrected chi connectivity index (χ2v) is 4.71. The number of hydrogen-bond acceptors (Lipinski definition) is 3. The van der Waals surface area contributed by atoms with Crippen LogP contribution in [0.25, 0.3) is 0 Å². The molecule has 2 aromatic carbocycles. The van der Waals surface area contributed by atoms with E-state index in [2.05, 4.69) is 0 Å². The molecule has 0 amide bonds. The first-order valence-electron chi connectivity index (χ1n) is 6.84. The Hall–Kier alpha value is -2.49. The van der Waals surface area contributed by atoms with Crippen LogP contribution in [0.2, 0.25) is 0 Å². The largest absolute Gasteiger partial charge is 0.496 e. The molecule has 2 rings (SSSR count). The molecule has 0 aliphatic rings. The van der Waals surface area contributed by atoms with Gasteiger partial charge in [-0.15, -0.1) is 0 Å². The molecule has 0 saturated carbocycles. The molecule has 0 fully saturated rings. The van der Waals surface area contributed by atoms with Crippen molar-refractivity contribution in [3.63, 3.8) is 0 Å². The molecule has 0 radical (unpaired) electrons. The van der Waals surface area contributed by atoms with Gasteiger partial charge in [0.25, 0.3) is 0 Å². The highest BCUT2D eigenvalue weighted by Crippen LogP contribution is 2.23. The van der Waals surface area contributed by atoms with Crippen LogP contribution in [0.4, 0.5) is 5.69 Å². The van der Waals surface area contributed by atoms with E-state index >= 15 is 0 Å². The molecule has 0 unspecified atom stereocenters. The van der Waals surface area contributed by atoms with Crippen LogP contribution in [-0.2, 0) is 11.3 Å². The van der Waals surface area contributed by atoms with Gasteiger partial charge in [-0.25, -0.2) is 0 Å². The number of methoxy groups -OCH3 is 1. The summed E-state index contributed by atoms with van der Waals surface area (Å²) in [5.41, 5.74) is 2.04. The minimum absolute atomic E-state index is 0.101. The second-order valence-electron chi connectivity index (χ2n) is 4.71.